The first kappa shape index (κ1) is 12.0. The Hall–Kier alpha value is -2.50. The number of nitrogens with zero attached hydrogens (tertiary/aromatic N) is 1. The first-order chi connectivity index (χ1) is 8.60. The summed E-state index contributed by atoms with van der Waals surface area (Å²) < 4.78 is 10.1. The largest absolute Gasteiger partial charge is 0.496 e. The number of nitrogens with one attached hydrogen (secondary N) is 1. The number of rotatable bonds is 3. The summed E-state index contributed by atoms with van der Waals surface area (Å²) >= 11 is 0. The summed E-state index contributed by atoms with van der Waals surface area (Å²) in [6, 6.07) is 6.82. The van der Waals surface area contributed by atoms with Crippen molar-refractivity contribution >= 4 is 17.5 Å². The van der Waals surface area contributed by atoms with E-state index in [0.717, 1.165) is 0 Å². The van der Waals surface area contributed by atoms with Gasteiger partial charge < -0.3 is 20.3 Å². The van der Waals surface area contributed by atoms with Crippen LogP contribution in [0.25, 0.3) is 11.3 Å². The topological polar surface area (TPSA) is 90.4 Å². The fraction of sp³-hybridized carbons (Fsp3) is 0.167. The Bertz CT molecular complexity index is 578. The van der Waals surface area contributed by atoms with Crippen LogP contribution >= 0.6 is 0 Å². The maximum Gasteiger partial charge on any atom is 0.222 e. The minimum Gasteiger partial charge on any atom is -0.496 e. The normalized spacial score (nSPS) is 10.1. The van der Waals surface area contributed by atoms with Crippen LogP contribution in [-0.4, -0.2) is 18.2 Å². The highest BCUT2D eigenvalue weighted by Crippen LogP contribution is 2.32. The van der Waals surface area contributed by atoms with Crippen LogP contribution in [0.5, 0.6) is 5.75 Å². The van der Waals surface area contributed by atoms with Crippen molar-refractivity contribution in [1.29, 1.82) is 0 Å². The molecule has 0 unspecified atom stereocenters. The Morgan fingerprint density at radius 2 is 2.22 bits per heavy atom. The smallest absolute Gasteiger partial charge is 0.222 e. The summed E-state index contributed by atoms with van der Waals surface area (Å²) in [5.41, 5.74) is 7.39. The molecule has 0 spiro atoms. The van der Waals surface area contributed by atoms with Gasteiger partial charge in [0.2, 0.25) is 11.8 Å². The predicted octanol–water partition coefficient (Wildman–Crippen LogP) is 1.89. The molecule has 0 atom stereocenters. The average molecular weight is 247 g/mol. The zero-order valence-electron chi connectivity index (χ0n) is 10.1. The Morgan fingerprint density at radius 1 is 1.44 bits per heavy atom. The van der Waals surface area contributed by atoms with Gasteiger partial charge in [0, 0.05) is 24.2 Å². The minimum absolute atomic E-state index is 0.147. The lowest BCUT2D eigenvalue weighted by Crippen LogP contribution is -2.05. The molecule has 3 N–H and O–H groups in total. The fourth-order valence-electron chi connectivity index (χ4n) is 1.61. The number of hydrogen-bond donors (Lipinski definition) is 2. The van der Waals surface area contributed by atoms with Crippen LogP contribution in [0.3, 0.4) is 0 Å². The van der Waals surface area contributed by atoms with E-state index in [1.54, 1.807) is 31.4 Å². The number of ether oxygens (including phenoxy) is 1. The molecule has 1 aromatic carbocycles. The molecule has 0 saturated heterocycles. The van der Waals surface area contributed by atoms with Crippen molar-refractivity contribution < 1.29 is 14.1 Å². The first-order valence-electron chi connectivity index (χ1n) is 5.28. The summed E-state index contributed by atoms with van der Waals surface area (Å²) in [4.78, 5) is 11.0. The van der Waals surface area contributed by atoms with E-state index in [0.29, 0.717) is 22.7 Å². The van der Waals surface area contributed by atoms with Crippen LogP contribution < -0.4 is 15.8 Å². The number of carbonyl (C=O) groups is 1. The summed E-state index contributed by atoms with van der Waals surface area (Å²) in [5, 5.41) is 6.51. The molecule has 1 amide bonds. The molecule has 0 aliphatic rings. The van der Waals surface area contributed by atoms with Gasteiger partial charge in [-0.3, -0.25) is 4.79 Å². The molecular weight excluding hydrogens is 234 g/mol. The number of aromatic nitrogens is 1. The average Bonchev–Trinajstić information content (AvgIpc) is 2.75. The first-order valence-corrected chi connectivity index (χ1v) is 5.28. The van der Waals surface area contributed by atoms with Gasteiger partial charge in [-0.15, -0.1) is 0 Å². The van der Waals surface area contributed by atoms with E-state index in [1.807, 2.05) is 0 Å². The van der Waals surface area contributed by atoms with E-state index in [-0.39, 0.29) is 11.8 Å². The standard InChI is InChI=1S/C12H13N3O3/c1-7(16)14-8-3-4-11(17-2)9(5-8)10-6-12(13)18-15-10/h3-6H,13H2,1-2H3,(H,14,16). The number of carbonyl (C=O) groups excluding carboxylic acids is 1. The van der Waals surface area contributed by atoms with Crippen molar-refractivity contribution in [1.82, 2.24) is 5.16 Å². The summed E-state index contributed by atoms with van der Waals surface area (Å²) in [6.45, 7) is 1.44. The number of nitrogens with two attached hydrogens (primary N) is 1. The SMILES string of the molecule is COc1ccc(NC(C)=O)cc1-c1cc(N)on1. The van der Waals surface area contributed by atoms with Gasteiger partial charge in [0.15, 0.2) is 0 Å². The fourth-order valence-corrected chi connectivity index (χ4v) is 1.61. The zero-order valence-corrected chi connectivity index (χ0v) is 10.1. The van der Waals surface area contributed by atoms with Crippen molar-refractivity contribution in [3.05, 3.63) is 24.3 Å². The Kier molecular flexibility index (Phi) is 3.18. The molecule has 0 fully saturated rings. The van der Waals surface area contributed by atoms with Gasteiger partial charge >= 0.3 is 0 Å². The molecule has 18 heavy (non-hydrogen) atoms. The molecular formula is C12H13N3O3. The Morgan fingerprint density at radius 3 is 2.78 bits per heavy atom. The number of anilines is 2. The maximum absolute atomic E-state index is 11.0. The lowest BCUT2D eigenvalue weighted by atomic mass is 10.1. The van der Waals surface area contributed by atoms with E-state index < -0.39 is 0 Å². The van der Waals surface area contributed by atoms with Gasteiger partial charge in [0.05, 0.1) is 7.11 Å². The molecule has 0 radical (unpaired) electrons. The molecule has 0 aliphatic heterocycles. The summed E-state index contributed by atoms with van der Waals surface area (Å²) in [6.07, 6.45) is 0. The van der Waals surface area contributed by atoms with Gasteiger partial charge in [-0.1, -0.05) is 5.16 Å². The molecule has 6 heteroatoms. The van der Waals surface area contributed by atoms with Gasteiger partial charge in [-0.25, -0.2) is 0 Å². The van der Waals surface area contributed by atoms with Gasteiger partial charge in [-0.2, -0.15) is 0 Å². The summed E-state index contributed by atoms with van der Waals surface area (Å²) in [5.74, 6) is 0.695. The van der Waals surface area contributed by atoms with Crippen molar-refractivity contribution in [2.75, 3.05) is 18.2 Å². The molecule has 2 rings (SSSR count). The lowest BCUT2D eigenvalue weighted by Gasteiger charge is -2.08. The van der Waals surface area contributed by atoms with Crippen LogP contribution in [0.2, 0.25) is 0 Å². The number of nitrogen functional groups attached to an aromatic ring is 1. The van der Waals surface area contributed by atoms with E-state index >= 15 is 0 Å². The quantitative estimate of drug-likeness (QED) is 0.864. The van der Waals surface area contributed by atoms with E-state index in [4.69, 9.17) is 15.0 Å². The monoisotopic (exact) mass is 247 g/mol. The van der Waals surface area contributed by atoms with Gasteiger partial charge in [0.25, 0.3) is 0 Å². The zero-order chi connectivity index (χ0) is 13.1. The van der Waals surface area contributed by atoms with E-state index in [1.165, 1.54) is 6.92 Å². The minimum atomic E-state index is -0.147. The molecule has 2 aromatic rings. The molecule has 6 nitrogen and oxygen atoms in total. The lowest BCUT2D eigenvalue weighted by molar-refractivity contribution is -0.114. The Labute approximate surface area is 104 Å². The van der Waals surface area contributed by atoms with Crippen molar-refractivity contribution in [3.8, 4) is 17.0 Å². The van der Waals surface area contributed by atoms with Gasteiger partial charge in [-0.05, 0) is 18.2 Å². The number of amides is 1. The van der Waals surface area contributed by atoms with E-state index in [9.17, 15) is 4.79 Å². The molecule has 0 saturated carbocycles. The van der Waals surface area contributed by atoms with Crippen molar-refractivity contribution in [2.24, 2.45) is 0 Å². The maximum atomic E-state index is 11.0. The molecule has 0 aliphatic carbocycles. The second-order valence-electron chi connectivity index (χ2n) is 3.71. The third-order valence-corrected chi connectivity index (χ3v) is 2.32. The third kappa shape index (κ3) is 2.42. The third-order valence-electron chi connectivity index (χ3n) is 2.32. The predicted molar refractivity (Wildman–Crippen MR) is 67.2 cm³/mol. The molecule has 0 bridgehead atoms. The van der Waals surface area contributed by atoms with Crippen LogP contribution in [0.1, 0.15) is 6.92 Å². The van der Waals surface area contributed by atoms with Gasteiger partial charge in [0.1, 0.15) is 11.4 Å². The highest BCUT2D eigenvalue weighted by Gasteiger charge is 2.11. The molecule has 94 valence electrons. The molecule has 1 heterocycles. The highest BCUT2D eigenvalue weighted by atomic mass is 16.5. The second-order valence-corrected chi connectivity index (χ2v) is 3.71. The van der Waals surface area contributed by atoms with Crippen LogP contribution in [0.15, 0.2) is 28.8 Å². The summed E-state index contributed by atoms with van der Waals surface area (Å²) in [7, 11) is 1.56. The molecule has 1 aromatic heterocycles. The highest BCUT2D eigenvalue weighted by molar-refractivity contribution is 5.90. The van der Waals surface area contributed by atoms with E-state index in [2.05, 4.69) is 10.5 Å². The Balaban J connectivity index is 2.45. The number of benzene rings is 1. The van der Waals surface area contributed by atoms with Crippen LogP contribution in [-0.2, 0) is 4.79 Å². The number of hydrogen-bond acceptors (Lipinski definition) is 5. The van der Waals surface area contributed by atoms with Crippen LogP contribution in [0.4, 0.5) is 11.6 Å². The van der Waals surface area contributed by atoms with Crippen LogP contribution in [0, 0.1) is 0 Å². The van der Waals surface area contributed by atoms with Crippen molar-refractivity contribution in [2.45, 2.75) is 6.92 Å². The second kappa shape index (κ2) is 4.79. The van der Waals surface area contributed by atoms with Crippen molar-refractivity contribution in [3.63, 3.8) is 0 Å². The number of methoxy groups -OCH3 is 1.